The van der Waals surface area contributed by atoms with Crippen molar-refractivity contribution in [1.29, 1.82) is 0 Å². The highest BCUT2D eigenvalue weighted by molar-refractivity contribution is 9.10. The Morgan fingerprint density at radius 1 is 1.25 bits per heavy atom. The van der Waals surface area contributed by atoms with Crippen molar-refractivity contribution < 1.29 is 4.39 Å². The first-order valence-electron chi connectivity index (χ1n) is 6.08. The Morgan fingerprint density at radius 3 is 2.70 bits per heavy atom. The highest BCUT2D eigenvalue weighted by Gasteiger charge is 2.17. The second-order valence-corrected chi connectivity index (χ2v) is 6.09. The van der Waals surface area contributed by atoms with E-state index in [4.69, 9.17) is 23.2 Å². The smallest absolute Gasteiger partial charge is 0.126 e. The first kappa shape index (κ1) is 15.8. The molecule has 0 heterocycles. The molecular formula is C15H13BrCl2FN. The van der Waals surface area contributed by atoms with Crippen molar-refractivity contribution in [2.24, 2.45) is 0 Å². The van der Waals surface area contributed by atoms with Crippen LogP contribution in [0, 0.1) is 5.82 Å². The van der Waals surface area contributed by atoms with Crippen molar-refractivity contribution in [2.45, 2.75) is 12.5 Å². The monoisotopic (exact) mass is 375 g/mol. The molecule has 106 valence electrons. The summed E-state index contributed by atoms with van der Waals surface area (Å²) in [5.74, 6) is -0.263. The Bertz CT molecular complexity index is 619. The number of benzene rings is 2. The molecule has 20 heavy (non-hydrogen) atoms. The highest BCUT2D eigenvalue weighted by Crippen LogP contribution is 2.32. The van der Waals surface area contributed by atoms with E-state index >= 15 is 0 Å². The van der Waals surface area contributed by atoms with Crippen molar-refractivity contribution in [3.05, 3.63) is 67.9 Å². The molecule has 1 atom stereocenters. The number of likely N-dealkylation sites (N-methyl/N-ethyl adjacent to an activating group) is 1. The molecule has 1 N–H and O–H groups in total. The Labute approximate surface area is 136 Å². The van der Waals surface area contributed by atoms with E-state index in [1.54, 1.807) is 12.1 Å². The van der Waals surface area contributed by atoms with Crippen LogP contribution >= 0.6 is 39.1 Å². The Kier molecular flexibility index (Phi) is 5.44. The fourth-order valence-corrected chi connectivity index (χ4v) is 2.91. The Morgan fingerprint density at radius 2 is 2.00 bits per heavy atom. The SMILES string of the molecule is CNC(Cc1cc(Cl)ccc1F)c1cccc(Br)c1Cl. The fourth-order valence-electron chi connectivity index (χ4n) is 2.08. The second kappa shape index (κ2) is 6.90. The number of nitrogens with one attached hydrogen (secondary N) is 1. The van der Waals surface area contributed by atoms with Gasteiger partial charge in [-0.3, -0.25) is 0 Å². The summed E-state index contributed by atoms with van der Waals surface area (Å²) >= 11 is 15.6. The third-order valence-corrected chi connectivity index (χ3v) is 4.68. The summed E-state index contributed by atoms with van der Waals surface area (Å²) in [6.07, 6.45) is 0.471. The molecule has 0 saturated heterocycles. The fraction of sp³-hybridized carbons (Fsp3) is 0.200. The number of rotatable bonds is 4. The van der Waals surface area contributed by atoms with Crippen LogP contribution < -0.4 is 5.32 Å². The lowest BCUT2D eigenvalue weighted by Crippen LogP contribution is -2.20. The minimum atomic E-state index is -0.263. The summed E-state index contributed by atoms with van der Waals surface area (Å²) in [5, 5.41) is 4.32. The van der Waals surface area contributed by atoms with Gasteiger partial charge in [0.15, 0.2) is 0 Å². The Balaban J connectivity index is 2.34. The van der Waals surface area contributed by atoms with E-state index < -0.39 is 0 Å². The lowest BCUT2D eigenvalue weighted by atomic mass is 9.98. The minimum Gasteiger partial charge on any atom is -0.313 e. The lowest BCUT2D eigenvalue weighted by Gasteiger charge is -2.19. The van der Waals surface area contributed by atoms with Crippen molar-refractivity contribution in [1.82, 2.24) is 5.32 Å². The summed E-state index contributed by atoms with van der Waals surface area (Å²) in [6.45, 7) is 0. The average molecular weight is 377 g/mol. The van der Waals surface area contributed by atoms with Gasteiger partial charge < -0.3 is 5.32 Å². The molecule has 2 aromatic carbocycles. The normalized spacial score (nSPS) is 12.4. The molecule has 0 aliphatic heterocycles. The van der Waals surface area contributed by atoms with Crippen LogP contribution in [0.2, 0.25) is 10.0 Å². The molecule has 0 spiro atoms. The van der Waals surface area contributed by atoms with Gasteiger partial charge in [-0.1, -0.05) is 35.3 Å². The van der Waals surface area contributed by atoms with Gasteiger partial charge in [0.05, 0.1) is 5.02 Å². The average Bonchev–Trinajstić information content (AvgIpc) is 2.43. The van der Waals surface area contributed by atoms with Crippen LogP contribution in [0.15, 0.2) is 40.9 Å². The third-order valence-electron chi connectivity index (χ3n) is 3.14. The van der Waals surface area contributed by atoms with E-state index in [2.05, 4.69) is 21.2 Å². The van der Waals surface area contributed by atoms with Crippen LogP contribution in [0.3, 0.4) is 0 Å². The molecule has 1 nitrogen and oxygen atoms in total. The van der Waals surface area contributed by atoms with E-state index in [1.807, 2.05) is 25.2 Å². The summed E-state index contributed by atoms with van der Waals surface area (Å²) in [4.78, 5) is 0. The van der Waals surface area contributed by atoms with Gasteiger partial charge in [-0.2, -0.15) is 0 Å². The molecule has 0 fully saturated rings. The van der Waals surface area contributed by atoms with Crippen LogP contribution in [0.5, 0.6) is 0 Å². The van der Waals surface area contributed by atoms with Gasteiger partial charge >= 0.3 is 0 Å². The van der Waals surface area contributed by atoms with Gasteiger partial charge in [0.1, 0.15) is 5.82 Å². The molecule has 0 saturated carbocycles. The van der Waals surface area contributed by atoms with Gasteiger partial charge in [-0.25, -0.2) is 4.39 Å². The molecule has 5 heteroatoms. The zero-order valence-corrected chi connectivity index (χ0v) is 13.9. The van der Waals surface area contributed by atoms with Crippen LogP contribution in [-0.4, -0.2) is 7.05 Å². The molecule has 2 rings (SSSR count). The second-order valence-electron chi connectivity index (χ2n) is 4.42. The van der Waals surface area contributed by atoms with E-state index in [9.17, 15) is 4.39 Å². The Hall–Kier alpha value is -0.610. The summed E-state index contributed by atoms with van der Waals surface area (Å²) in [6, 6.07) is 10.2. The molecule has 0 radical (unpaired) electrons. The summed E-state index contributed by atoms with van der Waals surface area (Å²) < 4.78 is 14.7. The van der Waals surface area contributed by atoms with Crippen LogP contribution in [0.4, 0.5) is 4.39 Å². The predicted molar refractivity (Wildman–Crippen MR) is 86.1 cm³/mol. The van der Waals surface area contributed by atoms with E-state index in [1.165, 1.54) is 6.07 Å². The molecule has 0 aliphatic carbocycles. The number of halogens is 4. The van der Waals surface area contributed by atoms with Crippen LogP contribution in [-0.2, 0) is 6.42 Å². The molecule has 0 amide bonds. The van der Waals surface area contributed by atoms with Gasteiger partial charge in [0.25, 0.3) is 0 Å². The largest absolute Gasteiger partial charge is 0.313 e. The molecule has 2 aromatic rings. The quantitative estimate of drug-likeness (QED) is 0.753. The van der Waals surface area contributed by atoms with Gasteiger partial charge in [-0.15, -0.1) is 0 Å². The van der Waals surface area contributed by atoms with E-state index in [0.29, 0.717) is 22.0 Å². The molecule has 1 unspecified atom stereocenters. The number of hydrogen-bond donors (Lipinski definition) is 1. The van der Waals surface area contributed by atoms with Crippen molar-refractivity contribution >= 4 is 39.1 Å². The first-order chi connectivity index (χ1) is 9.52. The van der Waals surface area contributed by atoms with E-state index in [-0.39, 0.29) is 11.9 Å². The maximum atomic E-state index is 13.8. The minimum absolute atomic E-state index is 0.0898. The van der Waals surface area contributed by atoms with Gasteiger partial charge in [-0.05, 0) is 64.8 Å². The lowest BCUT2D eigenvalue weighted by molar-refractivity contribution is 0.554. The first-order valence-corrected chi connectivity index (χ1v) is 7.63. The maximum absolute atomic E-state index is 13.8. The van der Waals surface area contributed by atoms with Gasteiger partial charge in [0.2, 0.25) is 0 Å². The van der Waals surface area contributed by atoms with Crippen molar-refractivity contribution in [2.75, 3.05) is 7.05 Å². The summed E-state index contributed by atoms with van der Waals surface area (Å²) in [7, 11) is 1.82. The van der Waals surface area contributed by atoms with Crippen molar-refractivity contribution in [3.63, 3.8) is 0 Å². The molecular weight excluding hydrogens is 364 g/mol. The summed E-state index contributed by atoms with van der Waals surface area (Å²) in [5.41, 5.74) is 1.48. The standard InChI is InChI=1S/C15H13BrCl2FN/c1-20-14(11-3-2-4-12(16)15(11)18)8-9-7-10(17)5-6-13(9)19/h2-7,14,20H,8H2,1H3. The number of hydrogen-bond acceptors (Lipinski definition) is 1. The van der Waals surface area contributed by atoms with Gasteiger partial charge in [0, 0.05) is 15.5 Å². The topological polar surface area (TPSA) is 12.0 Å². The highest BCUT2D eigenvalue weighted by atomic mass is 79.9. The zero-order valence-electron chi connectivity index (χ0n) is 10.8. The van der Waals surface area contributed by atoms with Crippen LogP contribution in [0.1, 0.15) is 17.2 Å². The van der Waals surface area contributed by atoms with Crippen LogP contribution in [0.25, 0.3) is 0 Å². The predicted octanol–water partition coefficient (Wildman–Crippen LogP) is 5.40. The molecule has 0 aromatic heterocycles. The maximum Gasteiger partial charge on any atom is 0.126 e. The zero-order chi connectivity index (χ0) is 14.7. The third kappa shape index (κ3) is 3.53. The van der Waals surface area contributed by atoms with E-state index in [0.717, 1.165) is 10.0 Å². The molecule has 0 aliphatic rings. The molecule has 0 bridgehead atoms. The van der Waals surface area contributed by atoms with Crippen molar-refractivity contribution in [3.8, 4) is 0 Å².